The number of amides is 2. The Kier molecular flexibility index (Phi) is 11.6. The molecule has 2 aromatic carbocycles. The number of nitrogens with zero attached hydrogens (tertiary/aromatic N) is 7. The maximum atomic E-state index is 14.0. The van der Waals surface area contributed by atoms with Crippen LogP contribution >= 0.6 is 0 Å². The molecule has 2 atom stereocenters. The lowest BCUT2D eigenvalue weighted by Crippen LogP contribution is -2.52. The molecule has 4 aliphatic heterocycles. The number of halogens is 3. The van der Waals surface area contributed by atoms with Gasteiger partial charge in [-0.3, -0.25) is 24.0 Å². The molecule has 19 heteroatoms. The number of carbonyl (C=O) groups is 2. The van der Waals surface area contributed by atoms with E-state index >= 15 is 0 Å². The second-order valence-electron chi connectivity index (χ2n) is 19.7. The highest BCUT2D eigenvalue weighted by Crippen LogP contribution is 2.53. The first-order valence-electron chi connectivity index (χ1n) is 22.7. The zero-order valence-electron chi connectivity index (χ0n) is 37.3. The van der Waals surface area contributed by atoms with Gasteiger partial charge in [-0.15, -0.1) is 0 Å². The molecule has 5 fully saturated rings. The van der Waals surface area contributed by atoms with E-state index in [1.54, 1.807) is 50.6 Å². The van der Waals surface area contributed by atoms with Crippen molar-refractivity contribution in [3.8, 4) is 0 Å². The van der Waals surface area contributed by atoms with Crippen LogP contribution in [-0.2, 0) is 32.7 Å². The van der Waals surface area contributed by atoms with Crippen LogP contribution in [0.3, 0.4) is 0 Å². The Hall–Kier alpha value is -5.01. The van der Waals surface area contributed by atoms with Crippen molar-refractivity contribution in [2.45, 2.75) is 107 Å². The molecule has 15 nitrogen and oxygen atoms in total. The van der Waals surface area contributed by atoms with Crippen molar-refractivity contribution in [3.05, 3.63) is 64.2 Å². The lowest BCUT2D eigenvalue weighted by Gasteiger charge is -2.52. The molecule has 4 aromatic rings. The summed E-state index contributed by atoms with van der Waals surface area (Å²) in [6, 6.07) is 9.85. The molecule has 350 valence electrons. The van der Waals surface area contributed by atoms with Crippen LogP contribution in [-0.4, -0.2) is 106 Å². The number of para-hydroxylation sites is 1. The second-order valence-corrected chi connectivity index (χ2v) is 22.0. The molecule has 0 radical (unpaired) electrons. The fraction of sp³-hybridized carbons (Fsp3) is 0.587. The van der Waals surface area contributed by atoms with Crippen molar-refractivity contribution in [3.63, 3.8) is 0 Å². The van der Waals surface area contributed by atoms with Crippen molar-refractivity contribution in [2.75, 3.05) is 60.9 Å². The first kappa shape index (κ1) is 45.2. The molecule has 0 bridgehead atoms. The lowest BCUT2D eigenvalue weighted by atomic mass is 9.63. The number of likely N-dealkylation sites (tertiary alicyclic amines) is 1. The van der Waals surface area contributed by atoms with Crippen molar-refractivity contribution in [1.82, 2.24) is 29.3 Å². The lowest BCUT2D eigenvalue weighted by molar-refractivity contribution is -0.138. The van der Waals surface area contributed by atoms with Crippen LogP contribution in [0.2, 0.25) is 0 Å². The van der Waals surface area contributed by atoms with Gasteiger partial charge in [0.2, 0.25) is 17.8 Å². The highest BCUT2D eigenvalue weighted by Gasteiger charge is 2.51. The third-order valence-electron chi connectivity index (χ3n) is 15.1. The highest BCUT2D eigenvalue weighted by atomic mass is 32.2. The molecular weight excluding hydrogens is 864 g/mol. The molecule has 6 heterocycles. The van der Waals surface area contributed by atoms with E-state index in [0.29, 0.717) is 48.5 Å². The Morgan fingerprint density at radius 2 is 1.66 bits per heavy atom. The number of imidazole rings is 1. The van der Waals surface area contributed by atoms with Crippen LogP contribution in [0, 0.1) is 24.2 Å². The first-order valence-corrected chi connectivity index (χ1v) is 24.3. The van der Waals surface area contributed by atoms with Crippen molar-refractivity contribution in [1.29, 1.82) is 0 Å². The number of imide groups is 1. The van der Waals surface area contributed by atoms with Crippen molar-refractivity contribution < 1.29 is 36.3 Å². The van der Waals surface area contributed by atoms with Crippen LogP contribution in [0.1, 0.15) is 88.8 Å². The average molecular weight is 922 g/mol. The molecule has 65 heavy (non-hydrogen) atoms. The number of anilines is 4. The van der Waals surface area contributed by atoms with Gasteiger partial charge in [0.05, 0.1) is 32.5 Å². The number of hydrogen-bond donors (Lipinski definition) is 3. The van der Waals surface area contributed by atoms with Crippen LogP contribution < -0.4 is 26.1 Å². The largest absolute Gasteiger partial charge is 0.421 e. The quantitative estimate of drug-likeness (QED) is 0.166. The maximum absolute atomic E-state index is 14.0. The monoisotopic (exact) mass is 921 g/mol. The predicted molar refractivity (Wildman–Crippen MR) is 240 cm³/mol. The molecule has 1 saturated carbocycles. The van der Waals surface area contributed by atoms with E-state index in [2.05, 4.69) is 30.4 Å². The summed E-state index contributed by atoms with van der Waals surface area (Å²) in [6.07, 6.45) is 2.21. The van der Waals surface area contributed by atoms with E-state index in [-0.39, 0.29) is 59.0 Å². The predicted octanol–water partition coefficient (Wildman–Crippen LogP) is 5.71. The van der Waals surface area contributed by atoms with Gasteiger partial charge in [0.1, 0.15) is 17.4 Å². The zero-order valence-corrected chi connectivity index (χ0v) is 38.1. The summed E-state index contributed by atoms with van der Waals surface area (Å²) < 4.78 is 73.1. The van der Waals surface area contributed by atoms with Crippen molar-refractivity contribution >= 4 is 55.8 Å². The molecule has 9 rings (SSSR count). The number of aromatic nitrogens is 4. The van der Waals surface area contributed by atoms with E-state index in [4.69, 9.17) is 0 Å². The number of hydrogen-bond acceptors (Lipinski definition) is 12. The second kappa shape index (κ2) is 16.7. The maximum Gasteiger partial charge on any atom is 0.421 e. The summed E-state index contributed by atoms with van der Waals surface area (Å²) in [5.74, 6) is -0.781. The minimum absolute atomic E-state index is 0.00686. The van der Waals surface area contributed by atoms with E-state index in [1.807, 2.05) is 18.2 Å². The topological polar surface area (TPSA) is 175 Å². The molecule has 2 amide bonds. The van der Waals surface area contributed by atoms with Gasteiger partial charge in [-0.1, -0.05) is 6.07 Å². The summed E-state index contributed by atoms with van der Waals surface area (Å²) in [4.78, 5) is 52.8. The van der Waals surface area contributed by atoms with Crippen LogP contribution in [0.15, 0.2) is 52.3 Å². The number of aliphatic hydroxyl groups is 1. The van der Waals surface area contributed by atoms with Gasteiger partial charge in [0.15, 0.2) is 9.84 Å². The smallest absolute Gasteiger partial charge is 0.390 e. The number of piperidine rings is 3. The van der Waals surface area contributed by atoms with Crippen LogP contribution in [0.5, 0.6) is 0 Å². The normalized spacial score (nSPS) is 22.8. The molecule has 1 spiro atoms. The Bertz CT molecular complexity index is 2670. The third-order valence-corrected chi connectivity index (χ3v) is 17.2. The number of alkyl halides is 3. The summed E-state index contributed by atoms with van der Waals surface area (Å²) in [7, 11) is -1.89. The molecule has 1 unspecified atom stereocenters. The number of fused-ring (bicyclic) bond motifs is 1. The average Bonchev–Trinajstić information content (AvgIpc) is 3.85. The highest BCUT2D eigenvalue weighted by molar-refractivity contribution is 7.92. The Labute approximate surface area is 376 Å². The molecule has 5 aliphatic rings. The molecule has 4 saturated heterocycles. The summed E-state index contributed by atoms with van der Waals surface area (Å²) in [5.41, 5.74) is 1.24. The standard InChI is InChI=1S/C46H58F3N9O6S/c1-28-22-31(8-9-34(28)51-42-50-25-33(46(47,48)49)40(53-42)57-19-14-30(27-57)44(2,3)62)65(63,64)32-23-45(24-32)15-20-55(21-16-45)26-29-12-17-56(18-13-29)35-6-5-7-36-39(35)54(4)43(61)58(36)37-10-11-38(59)52-41(37)60/h5-9,22,25,29-30,32,37,62H,10-21,23-24,26-27H2,1-4H3,(H,50,51,53)(H,52,59,60)/t30-,37?/m0/s1. The summed E-state index contributed by atoms with van der Waals surface area (Å²) in [6.45, 7) is 10.1. The fourth-order valence-corrected chi connectivity index (χ4v) is 13.2. The minimum Gasteiger partial charge on any atom is -0.390 e. The van der Waals surface area contributed by atoms with Gasteiger partial charge in [0, 0.05) is 64.0 Å². The third kappa shape index (κ3) is 8.63. The molecule has 2 aromatic heterocycles. The Morgan fingerprint density at radius 3 is 2.31 bits per heavy atom. The number of nitrogens with one attached hydrogen (secondary N) is 2. The SMILES string of the molecule is Cc1cc(S(=O)(=O)C2CC3(CCN(CC4CCN(c5cccc6c5n(C)c(=O)n6C5CCC(=O)NC5=O)CC4)CC3)C2)ccc1Nc1ncc(C(F)(F)F)c(N2CC[C@H](C(C)(C)O)C2)n1. The molecular formula is C46H58F3N9O6S. The van der Waals surface area contributed by atoms with Gasteiger partial charge < -0.3 is 25.1 Å². The number of benzene rings is 2. The Balaban J connectivity index is 0.776. The van der Waals surface area contributed by atoms with Crippen LogP contribution in [0.25, 0.3) is 11.0 Å². The van der Waals surface area contributed by atoms with Crippen molar-refractivity contribution in [2.24, 2.45) is 24.3 Å². The number of carbonyl (C=O) groups excluding carboxylic acids is 2. The van der Waals surface area contributed by atoms with Crippen LogP contribution in [0.4, 0.5) is 36.3 Å². The molecule has 1 aliphatic carbocycles. The number of rotatable bonds is 10. The van der Waals surface area contributed by atoms with Gasteiger partial charge in [-0.05, 0) is 132 Å². The first-order chi connectivity index (χ1) is 30.7. The minimum atomic E-state index is -4.67. The number of sulfone groups is 1. The van der Waals surface area contributed by atoms with Gasteiger partial charge in [-0.2, -0.15) is 18.2 Å². The van der Waals surface area contributed by atoms with Gasteiger partial charge >= 0.3 is 11.9 Å². The van der Waals surface area contributed by atoms with E-state index in [0.717, 1.165) is 75.8 Å². The van der Waals surface area contributed by atoms with Gasteiger partial charge in [-0.25, -0.2) is 18.2 Å². The van der Waals surface area contributed by atoms with Gasteiger partial charge in [0.25, 0.3) is 0 Å². The van der Waals surface area contributed by atoms with E-state index < -0.39 is 44.4 Å². The fourth-order valence-electron chi connectivity index (χ4n) is 11.0. The zero-order chi connectivity index (χ0) is 46.2. The Morgan fingerprint density at radius 1 is 0.954 bits per heavy atom. The van der Waals surface area contributed by atoms with E-state index in [9.17, 15) is 41.1 Å². The van der Waals surface area contributed by atoms with E-state index in [1.165, 1.54) is 9.47 Å². The summed E-state index contributed by atoms with van der Waals surface area (Å²) in [5, 5.41) is 15.4. The summed E-state index contributed by atoms with van der Waals surface area (Å²) >= 11 is 0. The molecule has 3 N–H and O–H groups in total. The number of aryl methyl sites for hydroxylation is 2.